The number of benzene rings is 1. The maximum absolute atomic E-state index is 12.7. The molecule has 0 saturated carbocycles. The fourth-order valence-corrected chi connectivity index (χ4v) is 2.72. The zero-order chi connectivity index (χ0) is 19.1. The normalized spacial score (nSPS) is 16.0. The number of rotatable bonds is 3. The highest BCUT2D eigenvalue weighted by molar-refractivity contribution is 9.10. The zero-order valence-electron chi connectivity index (χ0n) is 14.6. The molecule has 0 radical (unpaired) electrons. The number of alkyl halides is 3. The molecule has 0 bridgehead atoms. The number of ether oxygens (including phenoxy) is 1. The molecule has 0 atom stereocenters. The van der Waals surface area contributed by atoms with Gasteiger partial charge < -0.3 is 10.1 Å². The summed E-state index contributed by atoms with van der Waals surface area (Å²) in [5, 5.41) is 3.22. The Hall–Kier alpha value is -1.12. The third kappa shape index (κ3) is 9.23. The molecule has 0 amide bonds. The van der Waals surface area contributed by atoms with E-state index in [2.05, 4.69) is 30.9 Å². The van der Waals surface area contributed by atoms with Crippen LogP contribution in [0.15, 0.2) is 22.7 Å². The molecular weight excluding hydrogens is 401 g/mol. The molecule has 25 heavy (non-hydrogen) atoms. The third-order valence-electron chi connectivity index (χ3n) is 3.30. The van der Waals surface area contributed by atoms with Crippen molar-refractivity contribution >= 4 is 22.4 Å². The Labute approximate surface area is 154 Å². The van der Waals surface area contributed by atoms with Crippen molar-refractivity contribution in [2.75, 3.05) is 26.2 Å². The lowest BCUT2D eigenvalue weighted by molar-refractivity contribution is -0.139. The molecule has 2 rings (SSSR count). The highest BCUT2D eigenvalue weighted by Crippen LogP contribution is 2.32. The lowest BCUT2D eigenvalue weighted by Gasteiger charge is -2.27. The Kier molecular flexibility index (Phi) is 8.37. The number of hydrogen-bond donors (Lipinski definition) is 1. The fourth-order valence-electron chi connectivity index (χ4n) is 2.18. The summed E-state index contributed by atoms with van der Waals surface area (Å²) >= 11 is 3.14. The number of nitrogens with zero attached hydrogens (tertiary/aromatic N) is 1. The van der Waals surface area contributed by atoms with Gasteiger partial charge in [-0.2, -0.15) is 13.2 Å². The minimum Gasteiger partial charge on any atom is -0.462 e. The third-order valence-corrected chi connectivity index (χ3v) is 3.76. The van der Waals surface area contributed by atoms with Crippen LogP contribution in [0.25, 0.3) is 0 Å². The standard InChI is InChI=1S/C12H14BrF3N2.C5H10O2/c13-11-6-9(5-10(7-11)12(14,15)16)8-18-3-1-17-2-4-18;1-5(2,3)7-4-6/h5-7,17H,1-4,8H2;4H,1-3H3. The van der Waals surface area contributed by atoms with E-state index in [9.17, 15) is 18.0 Å². The predicted octanol–water partition coefficient (Wildman–Crippen LogP) is 3.83. The smallest absolute Gasteiger partial charge is 0.416 e. The summed E-state index contributed by atoms with van der Waals surface area (Å²) in [6.07, 6.45) is -4.29. The van der Waals surface area contributed by atoms with Gasteiger partial charge in [0.2, 0.25) is 0 Å². The number of hydrogen-bond acceptors (Lipinski definition) is 4. The first-order valence-corrected chi connectivity index (χ1v) is 8.72. The van der Waals surface area contributed by atoms with Crippen molar-refractivity contribution in [3.05, 3.63) is 33.8 Å². The molecule has 1 aromatic rings. The van der Waals surface area contributed by atoms with E-state index in [4.69, 9.17) is 0 Å². The second-order valence-electron chi connectivity index (χ2n) is 6.70. The SMILES string of the molecule is CC(C)(C)OC=O.FC(F)(F)c1cc(Br)cc(CN2CCNCC2)c1. The lowest BCUT2D eigenvalue weighted by Crippen LogP contribution is -2.42. The van der Waals surface area contributed by atoms with Gasteiger partial charge in [0.05, 0.1) is 5.56 Å². The van der Waals surface area contributed by atoms with Crippen LogP contribution in [0.4, 0.5) is 13.2 Å². The Morgan fingerprint density at radius 2 is 1.80 bits per heavy atom. The Morgan fingerprint density at radius 1 is 1.20 bits per heavy atom. The van der Waals surface area contributed by atoms with Crippen molar-refractivity contribution in [2.24, 2.45) is 0 Å². The minimum atomic E-state index is -4.29. The topological polar surface area (TPSA) is 41.6 Å². The summed E-state index contributed by atoms with van der Waals surface area (Å²) in [6.45, 7) is 10.00. The van der Waals surface area contributed by atoms with Gasteiger partial charge in [-0.1, -0.05) is 15.9 Å². The van der Waals surface area contributed by atoms with Gasteiger partial charge in [-0.25, -0.2) is 0 Å². The number of carbonyl (C=O) groups is 1. The van der Waals surface area contributed by atoms with Gasteiger partial charge in [0.1, 0.15) is 5.60 Å². The molecule has 142 valence electrons. The van der Waals surface area contributed by atoms with Crippen molar-refractivity contribution in [1.29, 1.82) is 0 Å². The first kappa shape index (κ1) is 21.9. The van der Waals surface area contributed by atoms with Crippen LogP contribution in [-0.2, 0) is 22.3 Å². The highest BCUT2D eigenvalue weighted by atomic mass is 79.9. The molecule has 1 heterocycles. The average molecular weight is 425 g/mol. The summed E-state index contributed by atoms with van der Waals surface area (Å²) in [7, 11) is 0. The van der Waals surface area contributed by atoms with E-state index < -0.39 is 11.7 Å². The monoisotopic (exact) mass is 424 g/mol. The summed E-state index contributed by atoms with van der Waals surface area (Å²) < 4.78 is 43.1. The van der Waals surface area contributed by atoms with Crippen LogP contribution in [-0.4, -0.2) is 43.2 Å². The van der Waals surface area contributed by atoms with Gasteiger partial charge in [-0.15, -0.1) is 0 Å². The molecule has 0 aliphatic carbocycles. The molecule has 1 aromatic carbocycles. The molecule has 1 aliphatic rings. The van der Waals surface area contributed by atoms with E-state index in [0.717, 1.165) is 32.2 Å². The molecule has 4 nitrogen and oxygen atoms in total. The minimum absolute atomic E-state index is 0.318. The molecule has 1 saturated heterocycles. The van der Waals surface area contributed by atoms with E-state index in [0.29, 0.717) is 23.1 Å². The summed E-state index contributed by atoms with van der Waals surface area (Å²) in [5.74, 6) is 0. The van der Waals surface area contributed by atoms with E-state index in [-0.39, 0.29) is 5.60 Å². The maximum Gasteiger partial charge on any atom is 0.416 e. The van der Waals surface area contributed by atoms with E-state index in [1.807, 2.05) is 20.8 Å². The zero-order valence-corrected chi connectivity index (χ0v) is 16.2. The van der Waals surface area contributed by atoms with Crippen LogP contribution in [0.5, 0.6) is 0 Å². The Balaban J connectivity index is 0.000000381. The van der Waals surface area contributed by atoms with Gasteiger partial charge in [-0.3, -0.25) is 9.69 Å². The lowest BCUT2D eigenvalue weighted by atomic mass is 10.1. The highest BCUT2D eigenvalue weighted by Gasteiger charge is 2.31. The molecular formula is C17H24BrF3N2O2. The molecule has 0 unspecified atom stereocenters. The van der Waals surface area contributed by atoms with E-state index >= 15 is 0 Å². The van der Waals surface area contributed by atoms with Crippen LogP contribution in [0.3, 0.4) is 0 Å². The van der Waals surface area contributed by atoms with Crippen LogP contribution in [0.2, 0.25) is 0 Å². The summed E-state index contributed by atoms with van der Waals surface area (Å²) in [6, 6.07) is 4.09. The van der Waals surface area contributed by atoms with E-state index in [1.54, 1.807) is 6.07 Å². The van der Waals surface area contributed by atoms with Crippen molar-refractivity contribution < 1.29 is 22.7 Å². The van der Waals surface area contributed by atoms with Crippen LogP contribution in [0.1, 0.15) is 31.9 Å². The first-order chi connectivity index (χ1) is 11.5. The maximum atomic E-state index is 12.7. The van der Waals surface area contributed by atoms with Gasteiger partial charge in [0.15, 0.2) is 0 Å². The molecule has 8 heteroatoms. The average Bonchev–Trinajstić information content (AvgIpc) is 2.46. The van der Waals surface area contributed by atoms with Gasteiger partial charge in [0, 0.05) is 37.2 Å². The predicted molar refractivity (Wildman–Crippen MR) is 94.2 cm³/mol. The molecule has 1 N–H and O–H groups in total. The molecule has 1 aliphatic heterocycles. The van der Waals surface area contributed by atoms with Crippen molar-refractivity contribution in [3.63, 3.8) is 0 Å². The Bertz CT molecular complexity index is 554. The fraction of sp³-hybridized carbons (Fsp3) is 0.588. The second-order valence-corrected chi connectivity index (χ2v) is 7.61. The van der Waals surface area contributed by atoms with Gasteiger partial charge >= 0.3 is 6.18 Å². The molecule has 1 fully saturated rings. The first-order valence-electron chi connectivity index (χ1n) is 7.92. The Morgan fingerprint density at radius 3 is 2.24 bits per heavy atom. The van der Waals surface area contributed by atoms with Crippen molar-refractivity contribution in [3.8, 4) is 0 Å². The van der Waals surface area contributed by atoms with Crippen LogP contribution in [0, 0.1) is 0 Å². The van der Waals surface area contributed by atoms with Crippen LogP contribution >= 0.6 is 15.9 Å². The van der Waals surface area contributed by atoms with Crippen molar-refractivity contribution in [2.45, 2.75) is 39.1 Å². The summed E-state index contributed by atoms with van der Waals surface area (Å²) in [5.41, 5.74) is -0.220. The molecule has 0 aromatic heterocycles. The van der Waals surface area contributed by atoms with Crippen LogP contribution < -0.4 is 5.32 Å². The van der Waals surface area contributed by atoms with E-state index in [1.165, 1.54) is 6.07 Å². The van der Waals surface area contributed by atoms with Gasteiger partial charge in [-0.05, 0) is 44.5 Å². The number of carbonyl (C=O) groups excluding carboxylic acids is 1. The van der Waals surface area contributed by atoms with Gasteiger partial charge in [0.25, 0.3) is 6.47 Å². The largest absolute Gasteiger partial charge is 0.462 e. The molecule has 0 spiro atoms. The summed E-state index contributed by atoms with van der Waals surface area (Å²) in [4.78, 5) is 11.7. The second kappa shape index (κ2) is 9.54. The number of halogens is 4. The number of nitrogens with one attached hydrogen (secondary N) is 1. The van der Waals surface area contributed by atoms with Crippen molar-refractivity contribution in [1.82, 2.24) is 10.2 Å². The quantitative estimate of drug-likeness (QED) is 0.748. The number of piperazine rings is 1.